The number of nitrogens with zero attached hydrogens (tertiary/aromatic N) is 6. The Balaban J connectivity index is 1.26. The quantitative estimate of drug-likeness (QED) is 0.403. The van der Waals surface area contributed by atoms with Gasteiger partial charge in [-0.15, -0.1) is 10.2 Å². The van der Waals surface area contributed by atoms with Crippen molar-refractivity contribution in [2.45, 2.75) is 86.2 Å². The molecule has 0 spiro atoms. The van der Waals surface area contributed by atoms with Crippen molar-refractivity contribution in [2.75, 3.05) is 19.7 Å². The molecule has 3 aromatic rings. The lowest BCUT2D eigenvalue weighted by atomic mass is 9.89. The number of likely N-dealkylation sites (tertiary alicyclic amines) is 1. The van der Waals surface area contributed by atoms with Gasteiger partial charge in [0.05, 0.1) is 29.0 Å². The molecule has 0 bridgehead atoms. The summed E-state index contributed by atoms with van der Waals surface area (Å²) in [5.74, 6) is 0.471. The molecule has 3 aromatic heterocycles. The number of aromatic nitrogens is 4. The highest BCUT2D eigenvalue weighted by atomic mass is 35.5. The number of imidazole rings is 1. The zero-order valence-electron chi connectivity index (χ0n) is 22.6. The van der Waals surface area contributed by atoms with Crippen molar-refractivity contribution in [2.24, 2.45) is 0 Å². The van der Waals surface area contributed by atoms with Crippen LogP contribution in [0.1, 0.15) is 74.8 Å². The number of rotatable bonds is 8. The van der Waals surface area contributed by atoms with Gasteiger partial charge in [-0.3, -0.25) is 9.20 Å². The lowest BCUT2D eigenvalue weighted by Gasteiger charge is -2.34. The number of halogens is 1. The van der Waals surface area contributed by atoms with E-state index in [0.29, 0.717) is 53.7 Å². The summed E-state index contributed by atoms with van der Waals surface area (Å²) >= 11 is 8.05. The highest BCUT2D eigenvalue weighted by molar-refractivity contribution is 7.89. The van der Waals surface area contributed by atoms with Crippen LogP contribution in [0.2, 0.25) is 5.15 Å². The lowest BCUT2D eigenvalue weighted by molar-refractivity contribution is -0.140. The Labute approximate surface area is 246 Å². The Morgan fingerprint density at radius 2 is 1.98 bits per heavy atom. The summed E-state index contributed by atoms with van der Waals surface area (Å²) in [5, 5.41) is 19.6. The minimum atomic E-state index is -3.84. The Hall–Kier alpha value is -2.63. The molecule has 4 fully saturated rings. The highest BCUT2D eigenvalue weighted by Gasteiger charge is 2.48. The third-order valence-electron chi connectivity index (χ3n) is 8.86. The van der Waals surface area contributed by atoms with Crippen LogP contribution in [-0.4, -0.2) is 70.1 Å². The van der Waals surface area contributed by atoms with Crippen LogP contribution >= 0.6 is 22.9 Å². The Morgan fingerprint density at radius 3 is 2.59 bits per heavy atom. The molecule has 1 unspecified atom stereocenters. The number of hydrogen-bond acceptors (Lipinski definition) is 9. The molecule has 1 atom stereocenters. The van der Waals surface area contributed by atoms with E-state index < -0.39 is 21.0 Å². The molecule has 1 N–H and O–H groups in total. The first-order chi connectivity index (χ1) is 19.6. The number of nitriles is 1. The first-order valence-corrected chi connectivity index (χ1v) is 16.7. The fraction of sp³-hybridized carbons (Fsp3) is 0.593. The first kappa shape index (κ1) is 27.2. The van der Waals surface area contributed by atoms with E-state index in [9.17, 15) is 18.5 Å². The van der Waals surface area contributed by atoms with Crippen molar-refractivity contribution < 1.29 is 17.9 Å². The number of pyridine rings is 1. The molecule has 0 radical (unpaired) electrons. The van der Waals surface area contributed by atoms with E-state index >= 15 is 0 Å². The van der Waals surface area contributed by atoms with Crippen LogP contribution in [0.5, 0.6) is 0 Å². The van der Waals surface area contributed by atoms with Crippen molar-refractivity contribution in [1.29, 1.82) is 5.26 Å². The third-order valence-corrected chi connectivity index (χ3v) is 11.9. The van der Waals surface area contributed by atoms with Gasteiger partial charge in [0.1, 0.15) is 10.4 Å². The molecule has 14 heteroatoms. The number of nitrogens with one attached hydrogen (secondary N) is 1. The monoisotopic (exact) mass is 615 g/mol. The highest BCUT2D eigenvalue weighted by Crippen LogP contribution is 2.49. The summed E-state index contributed by atoms with van der Waals surface area (Å²) in [4.78, 5) is 19.4. The summed E-state index contributed by atoms with van der Waals surface area (Å²) < 4.78 is 37.2. The standard InChI is InChI=1S/C27H30ClN7O4S2/c1-26(5-6-26)33-41(37,38)18-13-19(16-2-9-34(10-3-16)20(36)12-17-4-11-39-17)21-22(28)30-23(35(21)14-18)24-31-32-25(40-24)27(15-29)7-8-27/h13-14,16-17,33H,2-12H2,1H3. The van der Waals surface area contributed by atoms with Gasteiger partial charge < -0.3 is 9.64 Å². The van der Waals surface area contributed by atoms with Crippen LogP contribution < -0.4 is 4.72 Å². The Bertz CT molecular complexity index is 1690. The molecule has 1 amide bonds. The molecule has 2 saturated carbocycles. The number of piperidine rings is 1. The predicted octanol–water partition coefficient (Wildman–Crippen LogP) is 3.78. The molecule has 4 aliphatic rings. The molecular formula is C27H30ClN7O4S2. The molecule has 41 heavy (non-hydrogen) atoms. The molecular weight excluding hydrogens is 586 g/mol. The van der Waals surface area contributed by atoms with Crippen molar-refractivity contribution in [1.82, 2.24) is 29.2 Å². The lowest BCUT2D eigenvalue weighted by Crippen LogP contribution is -2.41. The number of sulfonamides is 1. The minimum Gasteiger partial charge on any atom is -0.377 e. The zero-order chi connectivity index (χ0) is 28.6. The molecule has 2 saturated heterocycles. The predicted molar refractivity (Wildman–Crippen MR) is 151 cm³/mol. The number of ether oxygens (including phenoxy) is 1. The van der Waals surface area contributed by atoms with Gasteiger partial charge in [0, 0.05) is 31.4 Å². The normalized spacial score (nSPS) is 23.2. The van der Waals surface area contributed by atoms with E-state index in [1.165, 1.54) is 11.3 Å². The van der Waals surface area contributed by atoms with Crippen LogP contribution in [0.3, 0.4) is 0 Å². The number of carbonyl (C=O) groups is 1. The molecule has 7 rings (SSSR count). The van der Waals surface area contributed by atoms with E-state index in [1.807, 2.05) is 11.8 Å². The third kappa shape index (κ3) is 4.93. The van der Waals surface area contributed by atoms with Crippen molar-refractivity contribution >= 4 is 44.4 Å². The van der Waals surface area contributed by atoms with E-state index in [-0.39, 0.29) is 28.0 Å². The number of fused-ring (bicyclic) bond motifs is 1. The number of amides is 1. The summed E-state index contributed by atoms with van der Waals surface area (Å²) in [6.07, 6.45) is 7.31. The van der Waals surface area contributed by atoms with E-state index in [4.69, 9.17) is 16.3 Å². The van der Waals surface area contributed by atoms with Crippen LogP contribution in [-0.2, 0) is 25.0 Å². The van der Waals surface area contributed by atoms with Gasteiger partial charge in [0.15, 0.2) is 16.0 Å². The molecule has 2 aliphatic heterocycles. The smallest absolute Gasteiger partial charge is 0.242 e. The van der Waals surface area contributed by atoms with Crippen LogP contribution in [0.25, 0.3) is 16.3 Å². The summed E-state index contributed by atoms with van der Waals surface area (Å²) in [6.45, 7) is 3.76. The van der Waals surface area contributed by atoms with E-state index in [2.05, 4.69) is 26.0 Å². The van der Waals surface area contributed by atoms with E-state index in [1.54, 1.807) is 16.7 Å². The topological polar surface area (TPSA) is 143 Å². The van der Waals surface area contributed by atoms with Gasteiger partial charge in [-0.2, -0.15) is 5.26 Å². The number of hydrogen-bond donors (Lipinski definition) is 1. The maximum absolute atomic E-state index is 13.6. The molecule has 0 aromatic carbocycles. The summed E-state index contributed by atoms with van der Waals surface area (Å²) in [5.41, 5.74) is 0.381. The summed E-state index contributed by atoms with van der Waals surface area (Å²) in [7, 11) is -3.84. The average Bonchev–Trinajstić information content (AvgIpc) is 3.79. The van der Waals surface area contributed by atoms with Crippen molar-refractivity contribution in [3.8, 4) is 16.9 Å². The maximum atomic E-state index is 13.6. The first-order valence-electron chi connectivity index (χ1n) is 14.0. The van der Waals surface area contributed by atoms with Gasteiger partial charge >= 0.3 is 0 Å². The van der Waals surface area contributed by atoms with Crippen molar-refractivity contribution in [3.63, 3.8) is 0 Å². The average molecular weight is 616 g/mol. The van der Waals surface area contributed by atoms with E-state index in [0.717, 1.165) is 44.3 Å². The second kappa shape index (κ2) is 9.70. The maximum Gasteiger partial charge on any atom is 0.242 e. The molecule has 5 heterocycles. The zero-order valence-corrected chi connectivity index (χ0v) is 25.0. The molecule has 216 valence electrons. The van der Waals surface area contributed by atoms with Gasteiger partial charge in [0.2, 0.25) is 15.9 Å². The second-order valence-corrected chi connectivity index (χ2v) is 15.0. The Morgan fingerprint density at radius 1 is 1.24 bits per heavy atom. The van der Waals surface area contributed by atoms with Gasteiger partial charge in [-0.1, -0.05) is 22.9 Å². The SMILES string of the molecule is CC1(NS(=O)(=O)c2cc(C3CCN(C(=O)CC4CCO4)CC3)c3c(Cl)nc(-c4nnc(C5(C#N)CC5)s4)n3c2)CC1. The van der Waals surface area contributed by atoms with Gasteiger partial charge in [-0.05, 0) is 69.4 Å². The van der Waals surface area contributed by atoms with Crippen LogP contribution in [0.15, 0.2) is 17.2 Å². The van der Waals surface area contributed by atoms with Crippen molar-refractivity contribution in [3.05, 3.63) is 28.0 Å². The fourth-order valence-electron chi connectivity index (χ4n) is 5.67. The molecule has 2 aliphatic carbocycles. The fourth-order valence-corrected chi connectivity index (χ4v) is 8.48. The second-order valence-electron chi connectivity index (χ2n) is 12.0. The van der Waals surface area contributed by atoms with Crippen LogP contribution in [0.4, 0.5) is 0 Å². The van der Waals surface area contributed by atoms with Gasteiger partial charge in [-0.25, -0.2) is 18.1 Å². The summed E-state index contributed by atoms with van der Waals surface area (Å²) in [6, 6.07) is 4.06. The van der Waals surface area contributed by atoms with Gasteiger partial charge in [0.25, 0.3) is 0 Å². The number of carbonyl (C=O) groups excluding carboxylic acids is 1. The largest absolute Gasteiger partial charge is 0.377 e. The Kier molecular flexibility index (Phi) is 6.44. The minimum absolute atomic E-state index is 0.0199. The molecule has 11 nitrogen and oxygen atoms in total. The van der Waals surface area contributed by atoms with Crippen LogP contribution in [0, 0.1) is 11.3 Å².